The van der Waals surface area contributed by atoms with Gasteiger partial charge in [-0.25, -0.2) is 0 Å². The first-order valence-electron chi connectivity index (χ1n) is 7.73. The van der Waals surface area contributed by atoms with Crippen LogP contribution in [0, 0.1) is 27.7 Å². The molecule has 2 rings (SSSR count). The van der Waals surface area contributed by atoms with Gasteiger partial charge >= 0.3 is 0 Å². The summed E-state index contributed by atoms with van der Waals surface area (Å²) < 4.78 is 5.47. The Kier molecular flexibility index (Phi) is 5.58. The van der Waals surface area contributed by atoms with Crippen LogP contribution in [-0.4, -0.2) is 18.4 Å². The minimum Gasteiger partial charge on any atom is -0.483 e. The third-order valence-electron chi connectivity index (χ3n) is 3.63. The van der Waals surface area contributed by atoms with E-state index in [1.807, 2.05) is 58.0 Å². The molecule has 0 saturated carbocycles. The van der Waals surface area contributed by atoms with Crippen molar-refractivity contribution in [2.45, 2.75) is 27.7 Å². The number of hydrogen-bond acceptors (Lipinski definition) is 3. The van der Waals surface area contributed by atoms with Crippen molar-refractivity contribution in [2.75, 3.05) is 6.61 Å². The predicted octanol–water partition coefficient (Wildman–Crippen LogP) is 2.76. The Hall–Kier alpha value is -2.82. The van der Waals surface area contributed by atoms with Crippen LogP contribution in [0.3, 0.4) is 0 Å². The van der Waals surface area contributed by atoms with Crippen molar-refractivity contribution in [3.8, 4) is 5.75 Å². The van der Waals surface area contributed by atoms with E-state index in [2.05, 4.69) is 10.9 Å². The predicted molar refractivity (Wildman–Crippen MR) is 92.9 cm³/mol. The molecule has 0 fully saturated rings. The Labute approximate surface area is 142 Å². The molecule has 0 saturated heterocycles. The summed E-state index contributed by atoms with van der Waals surface area (Å²) in [7, 11) is 0. The van der Waals surface area contributed by atoms with Crippen molar-refractivity contribution in [1.29, 1.82) is 0 Å². The highest BCUT2D eigenvalue weighted by Crippen LogP contribution is 2.18. The molecule has 0 aliphatic heterocycles. The summed E-state index contributed by atoms with van der Waals surface area (Å²) in [6, 6.07) is 11.2. The largest absolute Gasteiger partial charge is 0.483 e. The third kappa shape index (κ3) is 4.59. The highest BCUT2D eigenvalue weighted by Gasteiger charge is 2.11. The molecule has 5 heteroatoms. The molecule has 24 heavy (non-hydrogen) atoms. The summed E-state index contributed by atoms with van der Waals surface area (Å²) in [4.78, 5) is 23.9. The lowest BCUT2D eigenvalue weighted by molar-refractivity contribution is -0.123. The fourth-order valence-corrected chi connectivity index (χ4v) is 2.40. The van der Waals surface area contributed by atoms with Crippen LogP contribution in [0.5, 0.6) is 5.75 Å². The summed E-state index contributed by atoms with van der Waals surface area (Å²) in [6.45, 7) is 7.55. The quantitative estimate of drug-likeness (QED) is 0.849. The van der Waals surface area contributed by atoms with Gasteiger partial charge in [-0.2, -0.15) is 0 Å². The lowest BCUT2D eigenvalue weighted by atomic mass is 10.1. The van der Waals surface area contributed by atoms with Gasteiger partial charge in [-0.3, -0.25) is 20.4 Å². The average molecular weight is 326 g/mol. The van der Waals surface area contributed by atoms with Gasteiger partial charge in [0.25, 0.3) is 11.8 Å². The Bertz CT molecular complexity index is 769. The number of amides is 2. The van der Waals surface area contributed by atoms with Gasteiger partial charge in [-0.15, -0.1) is 0 Å². The highest BCUT2D eigenvalue weighted by atomic mass is 16.5. The molecule has 0 spiro atoms. The van der Waals surface area contributed by atoms with Crippen LogP contribution in [0.2, 0.25) is 0 Å². The second kappa shape index (κ2) is 7.64. The molecule has 0 radical (unpaired) electrons. The van der Waals surface area contributed by atoms with E-state index in [9.17, 15) is 9.59 Å². The SMILES string of the molecule is Cc1ccc(OCC(=O)NNC(=O)c2ccc(C)cc2C)c(C)c1. The molecular formula is C19H22N2O3. The summed E-state index contributed by atoms with van der Waals surface area (Å²) in [6.07, 6.45) is 0. The van der Waals surface area contributed by atoms with Crippen molar-refractivity contribution in [3.63, 3.8) is 0 Å². The summed E-state index contributed by atoms with van der Waals surface area (Å²) >= 11 is 0. The molecule has 0 bridgehead atoms. The third-order valence-corrected chi connectivity index (χ3v) is 3.63. The molecular weight excluding hydrogens is 304 g/mol. The van der Waals surface area contributed by atoms with Crippen LogP contribution < -0.4 is 15.6 Å². The van der Waals surface area contributed by atoms with Gasteiger partial charge in [-0.05, 0) is 51.0 Å². The van der Waals surface area contributed by atoms with Gasteiger partial charge in [-0.1, -0.05) is 35.4 Å². The maximum atomic E-state index is 12.1. The molecule has 2 N–H and O–H groups in total. The van der Waals surface area contributed by atoms with Gasteiger partial charge in [0.1, 0.15) is 5.75 Å². The molecule has 2 amide bonds. The van der Waals surface area contributed by atoms with Gasteiger partial charge < -0.3 is 4.74 Å². The van der Waals surface area contributed by atoms with Gasteiger partial charge in [0.05, 0.1) is 0 Å². The van der Waals surface area contributed by atoms with Crippen molar-refractivity contribution in [3.05, 3.63) is 64.2 Å². The van der Waals surface area contributed by atoms with Crippen molar-refractivity contribution >= 4 is 11.8 Å². The van der Waals surface area contributed by atoms with Crippen LogP contribution >= 0.6 is 0 Å². The number of carbonyl (C=O) groups excluding carboxylic acids is 2. The molecule has 2 aromatic carbocycles. The Balaban J connectivity index is 1.85. The van der Waals surface area contributed by atoms with E-state index in [0.717, 1.165) is 22.3 Å². The maximum absolute atomic E-state index is 12.1. The highest BCUT2D eigenvalue weighted by molar-refractivity contribution is 5.96. The van der Waals surface area contributed by atoms with E-state index in [1.54, 1.807) is 6.07 Å². The van der Waals surface area contributed by atoms with Crippen LogP contribution in [0.25, 0.3) is 0 Å². The van der Waals surface area contributed by atoms with Crippen LogP contribution in [0.4, 0.5) is 0 Å². The zero-order valence-corrected chi connectivity index (χ0v) is 14.4. The van der Waals surface area contributed by atoms with Crippen LogP contribution in [-0.2, 0) is 4.79 Å². The molecule has 126 valence electrons. The Morgan fingerprint density at radius 3 is 2.12 bits per heavy atom. The molecule has 0 unspecified atom stereocenters. The van der Waals surface area contributed by atoms with Gasteiger partial charge in [0, 0.05) is 5.56 Å². The normalized spacial score (nSPS) is 10.2. The van der Waals surface area contributed by atoms with Crippen molar-refractivity contribution < 1.29 is 14.3 Å². The van der Waals surface area contributed by atoms with E-state index < -0.39 is 5.91 Å². The van der Waals surface area contributed by atoms with E-state index in [1.165, 1.54) is 0 Å². The molecule has 0 atom stereocenters. The number of nitrogens with one attached hydrogen (secondary N) is 2. The number of benzene rings is 2. The van der Waals surface area contributed by atoms with Gasteiger partial charge in [0.2, 0.25) is 0 Å². The van der Waals surface area contributed by atoms with E-state index in [4.69, 9.17) is 4.74 Å². The standard InChI is InChI=1S/C19H22N2O3/c1-12-5-7-16(14(3)9-12)19(23)21-20-18(22)11-24-17-8-6-13(2)10-15(17)4/h5-10H,11H2,1-4H3,(H,20,22)(H,21,23). The van der Waals surface area contributed by atoms with Crippen LogP contribution in [0.1, 0.15) is 32.6 Å². The number of rotatable bonds is 4. The monoisotopic (exact) mass is 326 g/mol. The fourth-order valence-electron chi connectivity index (χ4n) is 2.40. The second-order valence-electron chi connectivity index (χ2n) is 5.88. The lowest BCUT2D eigenvalue weighted by Crippen LogP contribution is -2.44. The van der Waals surface area contributed by atoms with E-state index >= 15 is 0 Å². The topological polar surface area (TPSA) is 67.4 Å². The molecule has 5 nitrogen and oxygen atoms in total. The van der Waals surface area contributed by atoms with Crippen molar-refractivity contribution in [1.82, 2.24) is 10.9 Å². The number of aryl methyl sites for hydroxylation is 4. The molecule has 0 aliphatic rings. The number of hydrazine groups is 1. The van der Waals surface area contributed by atoms with E-state index in [-0.39, 0.29) is 12.5 Å². The average Bonchev–Trinajstić information content (AvgIpc) is 2.51. The smallest absolute Gasteiger partial charge is 0.276 e. The Morgan fingerprint density at radius 1 is 0.875 bits per heavy atom. The maximum Gasteiger partial charge on any atom is 0.276 e. The molecule has 0 heterocycles. The lowest BCUT2D eigenvalue weighted by Gasteiger charge is -2.11. The molecule has 0 aliphatic carbocycles. The number of hydrogen-bond donors (Lipinski definition) is 2. The first-order valence-corrected chi connectivity index (χ1v) is 7.73. The molecule has 2 aromatic rings. The van der Waals surface area contributed by atoms with Crippen LogP contribution in [0.15, 0.2) is 36.4 Å². The fraction of sp³-hybridized carbons (Fsp3) is 0.263. The zero-order chi connectivity index (χ0) is 17.7. The molecule has 0 aromatic heterocycles. The first kappa shape index (κ1) is 17.5. The van der Waals surface area contributed by atoms with Crippen molar-refractivity contribution in [2.24, 2.45) is 0 Å². The number of carbonyl (C=O) groups is 2. The summed E-state index contributed by atoms with van der Waals surface area (Å²) in [5.74, 6) is -0.128. The Morgan fingerprint density at radius 2 is 1.50 bits per heavy atom. The summed E-state index contributed by atoms with van der Waals surface area (Å²) in [5, 5.41) is 0. The second-order valence-corrected chi connectivity index (χ2v) is 5.88. The zero-order valence-electron chi connectivity index (χ0n) is 14.4. The minimum atomic E-state index is -0.423. The number of ether oxygens (including phenoxy) is 1. The van der Waals surface area contributed by atoms with Gasteiger partial charge in [0.15, 0.2) is 6.61 Å². The minimum absolute atomic E-state index is 0.170. The first-order chi connectivity index (χ1) is 11.4. The van der Waals surface area contributed by atoms with E-state index in [0.29, 0.717) is 11.3 Å². The summed E-state index contributed by atoms with van der Waals surface area (Å²) in [5.41, 5.74) is 9.31.